The molecule has 0 radical (unpaired) electrons. The topological polar surface area (TPSA) is 27.7 Å². The summed E-state index contributed by atoms with van der Waals surface area (Å²) in [5.41, 5.74) is 0. The van der Waals surface area contributed by atoms with Crippen LogP contribution in [0.15, 0.2) is 0 Å². The van der Waals surface area contributed by atoms with Gasteiger partial charge in [-0.1, -0.05) is 26.2 Å². The van der Waals surface area contributed by atoms with Crippen LogP contribution in [0.5, 0.6) is 0 Å². The van der Waals surface area contributed by atoms with Crippen molar-refractivity contribution in [2.24, 2.45) is 0 Å². The van der Waals surface area contributed by atoms with Crippen LogP contribution in [0.1, 0.15) is 46.5 Å². The third kappa shape index (κ3) is 5.50. The summed E-state index contributed by atoms with van der Waals surface area (Å²) in [6, 6.07) is 0. The van der Waals surface area contributed by atoms with E-state index in [0.29, 0.717) is 13.2 Å². The van der Waals surface area contributed by atoms with E-state index in [1.54, 1.807) is 0 Å². The third-order valence-corrected chi connectivity index (χ3v) is 2.51. The first-order chi connectivity index (χ1) is 7.14. The SMILES string of the molecule is CCCCCCOC[C@H]1COC(C)(C)O1. The first kappa shape index (κ1) is 12.9. The van der Waals surface area contributed by atoms with Crippen LogP contribution in [0, 0.1) is 0 Å². The zero-order valence-electron chi connectivity index (χ0n) is 10.3. The average molecular weight is 216 g/mol. The van der Waals surface area contributed by atoms with Gasteiger partial charge in [-0.15, -0.1) is 0 Å². The predicted octanol–water partition coefficient (Wildman–Crippen LogP) is 2.73. The summed E-state index contributed by atoms with van der Waals surface area (Å²) in [5, 5.41) is 0. The van der Waals surface area contributed by atoms with Gasteiger partial charge in [-0.05, 0) is 20.3 Å². The molecule has 90 valence electrons. The molecule has 0 aromatic carbocycles. The Morgan fingerprint density at radius 1 is 1.27 bits per heavy atom. The second-order valence-electron chi connectivity index (χ2n) is 4.59. The molecule has 0 amide bonds. The lowest BCUT2D eigenvalue weighted by Crippen LogP contribution is -2.24. The highest BCUT2D eigenvalue weighted by molar-refractivity contribution is 4.70. The van der Waals surface area contributed by atoms with Crippen LogP contribution >= 0.6 is 0 Å². The minimum atomic E-state index is -0.420. The van der Waals surface area contributed by atoms with E-state index in [9.17, 15) is 0 Å². The maximum atomic E-state index is 5.63. The van der Waals surface area contributed by atoms with Gasteiger partial charge >= 0.3 is 0 Å². The molecular weight excluding hydrogens is 192 g/mol. The molecule has 0 unspecified atom stereocenters. The van der Waals surface area contributed by atoms with Gasteiger partial charge in [0, 0.05) is 6.61 Å². The molecule has 0 bridgehead atoms. The van der Waals surface area contributed by atoms with Crippen molar-refractivity contribution in [3.05, 3.63) is 0 Å². The number of ether oxygens (including phenoxy) is 3. The first-order valence-electron chi connectivity index (χ1n) is 6.03. The van der Waals surface area contributed by atoms with Gasteiger partial charge < -0.3 is 14.2 Å². The molecule has 1 aliphatic rings. The monoisotopic (exact) mass is 216 g/mol. The summed E-state index contributed by atoms with van der Waals surface area (Å²) in [6.07, 6.45) is 5.12. The van der Waals surface area contributed by atoms with E-state index < -0.39 is 5.79 Å². The van der Waals surface area contributed by atoms with E-state index in [1.807, 2.05) is 13.8 Å². The summed E-state index contributed by atoms with van der Waals surface area (Å²) < 4.78 is 16.6. The first-order valence-corrected chi connectivity index (χ1v) is 6.03. The molecule has 1 rings (SSSR count). The molecule has 3 heteroatoms. The van der Waals surface area contributed by atoms with Crippen LogP contribution < -0.4 is 0 Å². The van der Waals surface area contributed by atoms with E-state index in [0.717, 1.165) is 13.0 Å². The molecule has 3 nitrogen and oxygen atoms in total. The number of hydrogen-bond acceptors (Lipinski definition) is 3. The van der Waals surface area contributed by atoms with Crippen molar-refractivity contribution in [2.45, 2.75) is 58.3 Å². The lowest BCUT2D eigenvalue weighted by Gasteiger charge is -2.17. The molecule has 0 aromatic rings. The summed E-state index contributed by atoms with van der Waals surface area (Å²) >= 11 is 0. The molecule has 0 aromatic heterocycles. The van der Waals surface area contributed by atoms with Gasteiger partial charge in [-0.3, -0.25) is 0 Å². The van der Waals surface area contributed by atoms with Crippen molar-refractivity contribution >= 4 is 0 Å². The number of hydrogen-bond donors (Lipinski definition) is 0. The van der Waals surface area contributed by atoms with E-state index in [1.165, 1.54) is 19.3 Å². The van der Waals surface area contributed by atoms with Crippen LogP contribution in [-0.2, 0) is 14.2 Å². The maximum absolute atomic E-state index is 5.63. The van der Waals surface area contributed by atoms with Crippen LogP contribution in [0.3, 0.4) is 0 Å². The maximum Gasteiger partial charge on any atom is 0.163 e. The van der Waals surface area contributed by atoms with E-state index in [2.05, 4.69) is 6.92 Å². The fraction of sp³-hybridized carbons (Fsp3) is 1.00. The molecule has 1 aliphatic heterocycles. The van der Waals surface area contributed by atoms with Crippen LogP contribution in [-0.4, -0.2) is 31.7 Å². The van der Waals surface area contributed by atoms with Crippen LogP contribution in [0.4, 0.5) is 0 Å². The highest BCUT2D eigenvalue weighted by Crippen LogP contribution is 2.22. The molecule has 0 saturated carbocycles. The van der Waals surface area contributed by atoms with Gasteiger partial charge in [-0.2, -0.15) is 0 Å². The van der Waals surface area contributed by atoms with Gasteiger partial charge in [0.15, 0.2) is 5.79 Å². The minimum Gasteiger partial charge on any atom is -0.379 e. The van der Waals surface area contributed by atoms with Crippen molar-refractivity contribution in [2.75, 3.05) is 19.8 Å². The van der Waals surface area contributed by atoms with Crippen molar-refractivity contribution < 1.29 is 14.2 Å². The summed E-state index contributed by atoms with van der Waals surface area (Å²) in [4.78, 5) is 0. The largest absolute Gasteiger partial charge is 0.379 e. The van der Waals surface area contributed by atoms with Crippen molar-refractivity contribution in [1.29, 1.82) is 0 Å². The fourth-order valence-corrected chi connectivity index (χ4v) is 1.69. The quantitative estimate of drug-likeness (QED) is 0.612. The Labute approximate surface area is 93.1 Å². The fourth-order valence-electron chi connectivity index (χ4n) is 1.69. The second kappa shape index (κ2) is 6.46. The Morgan fingerprint density at radius 3 is 2.67 bits per heavy atom. The number of rotatable bonds is 7. The molecule has 15 heavy (non-hydrogen) atoms. The van der Waals surface area contributed by atoms with Gasteiger partial charge in [0.05, 0.1) is 13.2 Å². The highest BCUT2D eigenvalue weighted by Gasteiger charge is 2.32. The smallest absolute Gasteiger partial charge is 0.163 e. The van der Waals surface area contributed by atoms with E-state index in [4.69, 9.17) is 14.2 Å². The van der Waals surface area contributed by atoms with Gasteiger partial charge in [0.1, 0.15) is 6.10 Å². The molecule has 0 N–H and O–H groups in total. The van der Waals surface area contributed by atoms with Gasteiger partial charge in [0.25, 0.3) is 0 Å². The molecule has 0 spiro atoms. The Kier molecular flexibility index (Phi) is 5.58. The van der Waals surface area contributed by atoms with E-state index in [-0.39, 0.29) is 6.10 Å². The predicted molar refractivity (Wildman–Crippen MR) is 59.9 cm³/mol. The summed E-state index contributed by atoms with van der Waals surface area (Å²) in [5.74, 6) is -0.420. The van der Waals surface area contributed by atoms with Crippen molar-refractivity contribution in [3.63, 3.8) is 0 Å². The van der Waals surface area contributed by atoms with E-state index >= 15 is 0 Å². The Bertz CT molecular complexity index is 168. The molecule has 1 fully saturated rings. The summed E-state index contributed by atoms with van der Waals surface area (Å²) in [7, 11) is 0. The van der Waals surface area contributed by atoms with Gasteiger partial charge in [-0.25, -0.2) is 0 Å². The lowest BCUT2D eigenvalue weighted by atomic mass is 10.2. The van der Waals surface area contributed by atoms with Crippen molar-refractivity contribution in [1.82, 2.24) is 0 Å². The normalized spacial score (nSPS) is 24.6. The third-order valence-electron chi connectivity index (χ3n) is 2.51. The average Bonchev–Trinajstić information content (AvgIpc) is 2.52. The van der Waals surface area contributed by atoms with Crippen LogP contribution in [0.2, 0.25) is 0 Å². The number of unbranched alkanes of at least 4 members (excludes halogenated alkanes) is 3. The van der Waals surface area contributed by atoms with Gasteiger partial charge in [0.2, 0.25) is 0 Å². The molecule has 1 saturated heterocycles. The second-order valence-corrected chi connectivity index (χ2v) is 4.59. The highest BCUT2D eigenvalue weighted by atomic mass is 16.7. The lowest BCUT2D eigenvalue weighted by molar-refractivity contribution is -0.145. The Hall–Kier alpha value is -0.120. The molecule has 1 atom stereocenters. The summed E-state index contributed by atoms with van der Waals surface area (Å²) in [6.45, 7) is 8.26. The Balaban J connectivity index is 1.93. The molecule has 1 heterocycles. The van der Waals surface area contributed by atoms with Crippen molar-refractivity contribution in [3.8, 4) is 0 Å². The Morgan fingerprint density at radius 2 is 2.07 bits per heavy atom. The molecular formula is C12H24O3. The molecule has 0 aliphatic carbocycles. The zero-order chi connectivity index (χ0) is 11.1. The van der Waals surface area contributed by atoms with Crippen LogP contribution in [0.25, 0.3) is 0 Å². The minimum absolute atomic E-state index is 0.117. The standard InChI is InChI=1S/C12H24O3/c1-4-5-6-7-8-13-9-11-10-14-12(2,3)15-11/h11H,4-10H2,1-3H3/t11-/m0/s1. The zero-order valence-corrected chi connectivity index (χ0v) is 10.3.